The lowest BCUT2D eigenvalue weighted by atomic mass is 9.97. The topological polar surface area (TPSA) is 9.23 Å². The number of rotatable bonds is 6. The van der Waals surface area contributed by atoms with Crippen LogP contribution < -0.4 is 0 Å². The van der Waals surface area contributed by atoms with Crippen molar-refractivity contribution in [1.82, 2.24) is 0 Å². The summed E-state index contributed by atoms with van der Waals surface area (Å²) in [4.78, 5) is 0. The van der Waals surface area contributed by atoms with E-state index in [0.717, 1.165) is 30.0 Å². The van der Waals surface area contributed by atoms with E-state index in [0.29, 0.717) is 5.41 Å². The predicted octanol–water partition coefficient (Wildman–Crippen LogP) is 4.54. The van der Waals surface area contributed by atoms with Crippen LogP contribution in [0, 0.1) is 5.92 Å². The first-order chi connectivity index (χ1) is 8.12. The fourth-order valence-electron chi connectivity index (χ4n) is 2.06. The van der Waals surface area contributed by atoms with Gasteiger partial charge in [-0.25, -0.2) is 0 Å². The van der Waals surface area contributed by atoms with Crippen LogP contribution in [0.25, 0.3) is 0 Å². The third-order valence-corrected chi connectivity index (χ3v) is 4.06. The van der Waals surface area contributed by atoms with Crippen LogP contribution in [0.5, 0.6) is 0 Å². The molecule has 0 saturated heterocycles. The minimum atomic E-state index is 0.331. The smallest absolute Gasteiger partial charge is 0.0562 e. The first-order valence-electron chi connectivity index (χ1n) is 6.46. The van der Waals surface area contributed by atoms with Crippen molar-refractivity contribution >= 4 is 15.9 Å². The summed E-state index contributed by atoms with van der Waals surface area (Å²) >= 11 is 3.48. The summed E-state index contributed by atoms with van der Waals surface area (Å²) in [5.74, 6) is 0.734. The van der Waals surface area contributed by atoms with Crippen molar-refractivity contribution in [3.8, 4) is 0 Å². The molecule has 1 saturated carbocycles. The average molecular weight is 297 g/mol. The molecule has 1 aliphatic rings. The molecule has 0 heterocycles. The molecule has 1 fully saturated rings. The summed E-state index contributed by atoms with van der Waals surface area (Å²) in [6, 6.07) is 8.71. The molecule has 1 aromatic rings. The molecular formula is C15H21BrO. The molecule has 17 heavy (non-hydrogen) atoms. The third kappa shape index (κ3) is 3.56. The van der Waals surface area contributed by atoms with Gasteiger partial charge in [-0.1, -0.05) is 41.9 Å². The second-order valence-electron chi connectivity index (χ2n) is 5.52. The van der Waals surface area contributed by atoms with Gasteiger partial charge in [0.05, 0.1) is 6.61 Å². The molecule has 2 heteroatoms. The molecule has 0 unspecified atom stereocenters. The maximum Gasteiger partial charge on any atom is 0.0562 e. The summed E-state index contributed by atoms with van der Waals surface area (Å²) in [5, 5.41) is 0. The number of hydrogen-bond donors (Lipinski definition) is 0. The molecule has 0 aliphatic heterocycles. The fourth-order valence-corrected chi connectivity index (χ4v) is 2.32. The molecule has 0 N–H and O–H groups in total. The van der Waals surface area contributed by atoms with E-state index >= 15 is 0 Å². The van der Waals surface area contributed by atoms with E-state index in [9.17, 15) is 0 Å². The van der Waals surface area contributed by atoms with Gasteiger partial charge in [-0.3, -0.25) is 0 Å². The highest BCUT2D eigenvalue weighted by Crippen LogP contribution is 2.48. The Morgan fingerprint density at radius 2 is 1.88 bits per heavy atom. The minimum absolute atomic E-state index is 0.331. The van der Waals surface area contributed by atoms with Gasteiger partial charge >= 0.3 is 0 Å². The van der Waals surface area contributed by atoms with E-state index in [2.05, 4.69) is 54.0 Å². The van der Waals surface area contributed by atoms with Crippen LogP contribution in [0.4, 0.5) is 0 Å². The van der Waals surface area contributed by atoms with Gasteiger partial charge in [-0.2, -0.15) is 0 Å². The Morgan fingerprint density at radius 3 is 2.41 bits per heavy atom. The van der Waals surface area contributed by atoms with Crippen LogP contribution in [-0.2, 0) is 10.2 Å². The number of hydrogen-bond acceptors (Lipinski definition) is 1. The number of halogens is 1. The molecule has 1 aliphatic carbocycles. The normalized spacial score (nSPS) is 17.4. The first kappa shape index (κ1) is 13.1. The second-order valence-corrected chi connectivity index (χ2v) is 6.44. The Balaban J connectivity index is 1.85. The minimum Gasteiger partial charge on any atom is -0.381 e. The van der Waals surface area contributed by atoms with Crippen LogP contribution in [0.3, 0.4) is 0 Å². The Labute approximate surface area is 113 Å². The van der Waals surface area contributed by atoms with E-state index in [1.54, 1.807) is 0 Å². The van der Waals surface area contributed by atoms with E-state index in [1.807, 2.05) is 0 Å². The molecule has 94 valence electrons. The number of ether oxygens (including phenoxy) is 1. The Hall–Kier alpha value is -0.340. The zero-order chi connectivity index (χ0) is 12.3. The monoisotopic (exact) mass is 296 g/mol. The summed E-state index contributed by atoms with van der Waals surface area (Å²) < 4.78 is 7.00. The SMILES string of the molecule is CC(C)CCOCC1(c2ccc(Br)cc2)CC1. The van der Waals surface area contributed by atoms with Gasteiger partial charge in [0, 0.05) is 16.5 Å². The molecule has 0 aromatic heterocycles. The van der Waals surface area contributed by atoms with Crippen LogP contribution in [0.15, 0.2) is 28.7 Å². The summed E-state index contributed by atoms with van der Waals surface area (Å²) in [6.45, 7) is 6.27. The van der Waals surface area contributed by atoms with Gasteiger partial charge in [0.25, 0.3) is 0 Å². The summed E-state index contributed by atoms with van der Waals surface area (Å²) in [5.41, 5.74) is 1.77. The lowest BCUT2D eigenvalue weighted by Crippen LogP contribution is -2.16. The van der Waals surface area contributed by atoms with E-state index in [1.165, 1.54) is 18.4 Å². The van der Waals surface area contributed by atoms with Crippen molar-refractivity contribution in [2.75, 3.05) is 13.2 Å². The van der Waals surface area contributed by atoms with Crippen LogP contribution in [-0.4, -0.2) is 13.2 Å². The van der Waals surface area contributed by atoms with Crippen molar-refractivity contribution in [1.29, 1.82) is 0 Å². The Morgan fingerprint density at radius 1 is 1.24 bits per heavy atom. The number of benzene rings is 1. The molecule has 1 nitrogen and oxygen atoms in total. The van der Waals surface area contributed by atoms with Gasteiger partial charge in [-0.15, -0.1) is 0 Å². The van der Waals surface area contributed by atoms with Crippen LogP contribution in [0.2, 0.25) is 0 Å². The Kier molecular flexibility index (Phi) is 4.26. The van der Waals surface area contributed by atoms with Gasteiger partial charge in [0.2, 0.25) is 0 Å². The van der Waals surface area contributed by atoms with Crippen molar-refractivity contribution < 1.29 is 4.74 Å². The quantitative estimate of drug-likeness (QED) is 0.700. The highest BCUT2D eigenvalue weighted by molar-refractivity contribution is 9.10. The molecular weight excluding hydrogens is 276 g/mol. The third-order valence-electron chi connectivity index (χ3n) is 3.53. The van der Waals surface area contributed by atoms with Crippen LogP contribution in [0.1, 0.15) is 38.7 Å². The molecule has 0 amide bonds. The molecule has 1 aromatic carbocycles. The predicted molar refractivity (Wildman–Crippen MR) is 75.3 cm³/mol. The standard InChI is InChI=1S/C15H21BrO/c1-12(2)7-10-17-11-15(8-9-15)13-3-5-14(16)6-4-13/h3-6,12H,7-11H2,1-2H3. The van der Waals surface area contributed by atoms with Crippen molar-refractivity contribution in [3.63, 3.8) is 0 Å². The summed E-state index contributed by atoms with van der Waals surface area (Å²) in [6.07, 6.45) is 3.71. The van der Waals surface area contributed by atoms with Crippen molar-refractivity contribution in [2.45, 2.75) is 38.5 Å². The molecule has 0 spiro atoms. The highest BCUT2D eigenvalue weighted by atomic mass is 79.9. The lowest BCUT2D eigenvalue weighted by Gasteiger charge is -2.16. The van der Waals surface area contributed by atoms with Gasteiger partial charge in [0.1, 0.15) is 0 Å². The molecule has 2 rings (SSSR count). The average Bonchev–Trinajstić information content (AvgIpc) is 3.06. The van der Waals surface area contributed by atoms with E-state index in [-0.39, 0.29) is 0 Å². The Bertz CT molecular complexity index is 352. The highest BCUT2D eigenvalue weighted by Gasteiger charge is 2.44. The maximum absolute atomic E-state index is 5.84. The van der Waals surface area contributed by atoms with Gasteiger partial charge < -0.3 is 4.74 Å². The zero-order valence-electron chi connectivity index (χ0n) is 10.7. The largest absolute Gasteiger partial charge is 0.381 e. The van der Waals surface area contributed by atoms with E-state index < -0.39 is 0 Å². The van der Waals surface area contributed by atoms with Gasteiger partial charge in [-0.05, 0) is 42.9 Å². The lowest BCUT2D eigenvalue weighted by molar-refractivity contribution is 0.104. The van der Waals surface area contributed by atoms with Crippen molar-refractivity contribution in [3.05, 3.63) is 34.3 Å². The zero-order valence-corrected chi connectivity index (χ0v) is 12.3. The summed E-state index contributed by atoms with van der Waals surface area (Å²) in [7, 11) is 0. The maximum atomic E-state index is 5.84. The molecule has 0 bridgehead atoms. The van der Waals surface area contributed by atoms with Crippen molar-refractivity contribution in [2.24, 2.45) is 5.92 Å². The van der Waals surface area contributed by atoms with E-state index in [4.69, 9.17) is 4.74 Å². The molecule has 0 radical (unpaired) electrons. The second kappa shape index (κ2) is 5.53. The molecule has 0 atom stereocenters. The van der Waals surface area contributed by atoms with Gasteiger partial charge in [0.15, 0.2) is 0 Å². The first-order valence-corrected chi connectivity index (χ1v) is 7.25. The van der Waals surface area contributed by atoms with Crippen LogP contribution >= 0.6 is 15.9 Å². The fraction of sp³-hybridized carbons (Fsp3) is 0.600.